The summed E-state index contributed by atoms with van der Waals surface area (Å²) in [6.45, 7) is 6.06. The van der Waals surface area contributed by atoms with Crippen molar-refractivity contribution < 1.29 is 9.50 Å². The minimum atomic E-state index is -0.363. The van der Waals surface area contributed by atoms with Gasteiger partial charge in [-0.05, 0) is 26.3 Å². The molecule has 2 atom stereocenters. The predicted molar refractivity (Wildman–Crippen MR) is 59.4 cm³/mol. The molecular formula is C12H18FNO. The molecule has 0 aromatic heterocycles. The Kier molecular flexibility index (Phi) is 4.09. The molecule has 1 aromatic rings. The molecule has 1 aromatic carbocycles. The molecule has 0 aliphatic carbocycles. The van der Waals surface area contributed by atoms with Crippen molar-refractivity contribution in [2.45, 2.75) is 39.3 Å². The van der Waals surface area contributed by atoms with Crippen molar-refractivity contribution in [1.29, 1.82) is 0 Å². The number of nitrogens with one attached hydrogen (secondary N) is 1. The summed E-state index contributed by atoms with van der Waals surface area (Å²) >= 11 is 0. The van der Waals surface area contributed by atoms with Gasteiger partial charge in [-0.2, -0.15) is 0 Å². The molecule has 0 aliphatic heterocycles. The van der Waals surface area contributed by atoms with Crippen LogP contribution in [0.5, 0.6) is 5.75 Å². The van der Waals surface area contributed by atoms with Crippen molar-refractivity contribution in [2.75, 3.05) is 0 Å². The van der Waals surface area contributed by atoms with Crippen LogP contribution in [0.4, 0.5) is 4.39 Å². The largest absolute Gasteiger partial charge is 0.508 e. The van der Waals surface area contributed by atoms with Gasteiger partial charge in [0.1, 0.15) is 11.6 Å². The molecule has 1 rings (SSSR count). The summed E-state index contributed by atoms with van der Waals surface area (Å²) in [5, 5.41) is 12.4. The van der Waals surface area contributed by atoms with E-state index in [2.05, 4.69) is 19.2 Å². The molecular weight excluding hydrogens is 193 g/mol. The fourth-order valence-electron chi connectivity index (χ4n) is 1.50. The third-order valence-corrected chi connectivity index (χ3v) is 2.60. The van der Waals surface area contributed by atoms with Crippen molar-refractivity contribution >= 4 is 0 Å². The zero-order valence-electron chi connectivity index (χ0n) is 9.42. The zero-order chi connectivity index (χ0) is 11.4. The summed E-state index contributed by atoms with van der Waals surface area (Å²) in [6.07, 6.45) is 1.00. The van der Waals surface area contributed by atoms with Crippen LogP contribution in [0.2, 0.25) is 0 Å². The smallest absolute Gasteiger partial charge is 0.131 e. The lowest BCUT2D eigenvalue weighted by molar-refractivity contribution is 0.445. The first-order valence-corrected chi connectivity index (χ1v) is 5.29. The fraction of sp³-hybridized carbons (Fsp3) is 0.500. The molecule has 0 fully saturated rings. The van der Waals surface area contributed by atoms with Gasteiger partial charge in [-0.1, -0.05) is 13.0 Å². The summed E-state index contributed by atoms with van der Waals surface area (Å²) in [6, 6.07) is 4.58. The van der Waals surface area contributed by atoms with Crippen molar-refractivity contribution in [3.63, 3.8) is 0 Å². The SMILES string of the molecule is CCC(C)NC(C)c1ccc(O)cc1F. The Morgan fingerprint density at radius 2 is 2.07 bits per heavy atom. The molecule has 84 valence electrons. The lowest BCUT2D eigenvalue weighted by atomic mass is 10.1. The van der Waals surface area contributed by atoms with Crippen LogP contribution in [0, 0.1) is 5.82 Å². The first-order valence-electron chi connectivity index (χ1n) is 5.29. The Labute approximate surface area is 90.1 Å². The molecule has 0 bridgehead atoms. The maximum atomic E-state index is 13.5. The lowest BCUT2D eigenvalue weighted by Gasteiger charge is -2.19. The van der Waals surface area contributed by atoms with Gasteiger partial charge in [-0.25, -0.2) is 4.39 Å². The standard InChI is InChI=1S/C12H18FNO/c1-4-8(2)14-9(3)11-6-5-10(15)7-12(11)13/h5-9,14-15H,4H2,1-3H3. The van der Waals surface area contributed by atoms with E-state index in [1.165, 1.54) is 6.07 Å². The van der Waals surface area contributed by atoms with Gasteiger partial charge < -0.3 is 10.4 Å². The third kappa shape index (κ3) is 3.20. The third-order valence-electron chi connectivity index (χ3n) is 2.60. The maximum absolute atomic E-state index is 13.5. The summed E-state index contributed by atoms with van der Waals surface area (Å²) in [5.41, 5.74) is 0.591. The minimum Gasteiger partial charge on any atom is -0.508 e. The number of halogens is 1. The summed E-state index contributed by atoms with van der Waals surface area (Å²) in [7, 11) is 0. The minimum absolute atomic E-state index is 0.0352. The molecule has 0 amide bonds. The van der Waals surface area contributed by atoms with Crippen LogP contribution in [0.15, 0.2) is 18.2 Å². The van der Waals surface area contributed by atoms with E-state index in [9.17, 15) is 4.39 Å². The molecule has 3 heteroatoms. The monoisotopic (exact) mass is 211 g/mol. The van der Waals surface area contributed by atoms with Crippen molar-refractivity contribution in [3.8, 4) is 5.75 Å². The van der Waals surface area contributed by atoms with Gasteiger partial charge in [0.2, 0.25) is 0 Å². The fourth-order valence-corrected chi connectivity index (χ4v) is 1.50. The van der Waals surface area contributed by atoms with Crippen molar-refractivity contribution in [3.05, 3.63) is 29.6 Å². The number of benzene rings is 1. The Morgan fingerprint density at radius 3 is 2.60 bits per heavy atom. The van der Waals surface area contributed by atoms with Gasteiger partial charge in [0.25, 0.3) is 0 Å². The van der Waals surface area contributed by atoms with Crippen molar-refractivity contribution in [1.82, 2.24) is 5.32 Å². The number of aromatic hydroxyl groups is 1. The van der Waals surface area contributed by atoms with E-state index in [-0.39, 0.29) is 17.6 Å². The van der Waals surface area contributed by atoms with E-state index in [1.807, 2.05) is 6.92 Å². The molecule has 0 heterocycles. The van der Waals surface area contributed by atoms with E-state index < -0.39 is 0 Å². The Balaban J connectivity index is 2.77. The van der Waals surface area contributed by atoms with Crippen LogP contribution < -0.4 is 5.32 Å². The summed E-state index contributed by atoms with van der Waals surface area (Å²) < 4.78 is 13.5. The Hall–Kier alpha value is -1.09. The molecule has 0 aliphatic rings. The van der Waals surface area contributed by atoms with Crippen LogP contribution in [0.3, 0.4) is 0 Å². The highest BCUT2D eigenvalue weighted by Gasteiger charge is 2.12. The Bertz CT molecular complexity index is 327. The van der Waals surface area contributed by atoms with Gasteiger partial charge in [0, 0.05) is 23.7 Å². The van der Waals surface area contributed by atoms with E-state index >= 15 is 0 Å². The molecule has 0 saturated carbocycles. The predicted octanol–water partition coefficient (Wildman–Crippen LogP) is 2.98. The first-order chi connectivity index (χ1) is 7.04. The number of hydrogen-bond acceptors (Lipinski definition) is 2. The van der Waals surface area contributed by atoms with Gasteiger partial charge in [-0.3, -0.25) is 0 Å². The van der Waals surface area contributed by atoms with Gasteiger partial charge in [0.15, 0.2) is 0 Å². The normalized spacial score (nSPS) is 14.9. The molecule has 15 heavy (non-hydrogen) atoms. The second-order valence-electron chi connectivity index (χ2n) is 3.90. The summed E-state index contributed by atoms with van der Waals surface area (Å²) in [4.78, 5) is 0. The molecule has 0 spiro atoms. The molecule has 2 nitrogen and oxygen atoms in total. The highest BCUT2D eigenvalue weighted by atomic mass is 19.1. The van der Waals surface area contributed by atoms with Crippen LogP contribution >= 0.6 is 0 Å². The average Bonchev–Trinajstić information content (AvgIpc) is 2.17. The van der Waals surface area contributed by atoms with Crippen LogP contribution in [0.1, 0.15) is 38.8 Å². The number of rotatable bonds is 4. The highest BCUT2D eigenvalue weighted by molar-refractivity contribution is 5.29. The zero-order valence-corrected chi connectivity index (χ0v) is 9.42. The molecule has 0 radical (unpaired) electrons. The van der Waals surface area contributed by atoms with E-state index in [1.54, 1.807) is 6.07 Å². The molecule has 2 unspecified atom stereocenters. The Morgan fingerprint density at radius 1 is 1.40 bits per heavy atom. The van der Waals surface area contributed by atoms with Gasteiger partial charge in [-0.15, -0.1) is 0 Å². The topological polar surface area (TPSA) is 32.3 Å². The average molecular weight is 211 g/mol. The number of phenolic OH excluding ortho intramolecular Hbond substituents is 1. The molecule has 2 N–H and O–H groups in total. The first kappa shape index (κ1) is 12.0. The van der Waals surface area contributed by atoms with E-state index in [0.29, 0.717) is 11.6 Å². The number of hydrogen-bond donors (Lipinski definition) is 2. The van der Waals surface area contributed by atoms with Crippen LogP contribution in [-0.2, 0) is 0 Å². The van der Waals surface area contributed by atoms with Crippen molar-refractivity contribution in [2.24, 2.45) is 0 Å². The quantitative estimate of drug-likeness (QED) is 0.802. The highest BCUT2D eigenvalue weighted by Crippen LogP contribution is 2.21. The van der Waals surface area contributed by atoms with Gasteiger partial charge in [0.05, 0.1) is 0 Å². The van der Waals surface area contributed by atoms with Crippen LogP contribution in [0.25, 0.3) is 0 Å². The summed E-state index contributed by atoms with van der Waals surface area (Å²) in [5.74, 6) is -0.398. The second kappa shape index (κ2) is 5.12. The maximum Gasteiger partial charge on any atom is 0.131 e. The van der Waals surface area contributed by atoms with Crippen LogP contribution in [-0.4, -0.2) is 11.1 Å². The number of phenols is 1. The van der Waals surface area contributed by atoms with E-state index in [4.69, 9.17) is 5.11 Å². The lowest BCUT2D eigenvalue weighted by Crippen LogP contribution is -2.28. The second-order valence-corrected chi connectivity index (χ2v) is 3.90. The van der Waals surface area contributed by atoms with E-state index in [0.717, 1.165) is 12.5 Å². The van der Waals surface area contributed by atoms with Gasteiger partial charge >= 0.3 is 0 Å². The molecule has 0 saturated heterocycles.